The molecule has 1 aromatic carbocycles. The molecule has 1 aromatic heterocycles. The minimum Gasteiger partial charge on any atom is -0.444 e. The Balaban J connectivity index is 1.61. The zero-order valence-electron chi connectivity index (χ0n) is 19.2. The number of carbonyl (C=O) groups excluding carboxylic acids is 2. The lowest BCUT2D eigenvalue weighted by Crippen LogP contribution is -2.45. The summed E-state index contributed by atoms with van der Waals surface area (Å²) in [7, 11) is 1.69. The number of amides is 2. The van der Waals surface area contributed by atoms with Crippen LogP contribution >= 0.6 is 0 Å². The highest BCUT2D eigenvalue weighted by Gasteiger charge is 2.33. The maximum absolute atomic E-state index is 13.0. The van der Waals surface area contributed by atoms with E-state index in [2.05, 4.69) is 5.10 Å². The van der Waals surface area contributed by atoms with Gasteiger partial charge in [-0.2, -0.15) is 18.3 Å². The first-order chi connectivity index (χ1) is 15.3. The Morgan fingerprint density at radius 1 is 1.15 bits per heavy atom. The zero-order chi connectivity index (χ0) is 24.4. The van der Waals surface area contributed by atoms with Gasteiger partial charge in [-0.05, 0) is 69.9 Å². The lowest BCUT2D eigenvalue weighted by atomic mass is 9.97. The monoisotopic (exact) mass is 466 g/mol. The van der Waals surface area contributed by atoms with Gasteiger partial charge < -0.3 is 14.5 Å². The summed E-state index contributed by atoms with van der Waals surface area (Å²) in [5.41, 5.74) is -0.671. The molecule has 1 unspecified atom stereocenters. The SMILES string of the molecule is CN(CC1CCCN(C(=O)c2ccc(-n3ccc(C(F)(F)F)n3)cc2)C1)C(=O)OC(C)(C)C. The molecule has 2 amide bonds. The summed E-state index contributed by atoms with van der Waals surface area (Å²) in [5.74, 6) is -0.0213. The van der Waals surface area contributed by atoms with E-state index in [1.807, 2.05) is 20.8 Å². The predicted octanol–water partition coefficient (Wildman–Crippen LogP) is 4.61. The summed E-state index contributed by atoms with van der Waals surface area (Å²) in [6.07, 6.45) is -1.95. The van der Waals surface area contributed by atoms with E-state index in [0.29, 0.717) is 30.9 Å². The topological polar surface area (TPSA) is 67.7 Å². The number of halogens is 3. The summed E-state index contributed by atoms with van der Waals surface area (Å²) in [6.45, 7) is 7.05. The molecule has 0 spiro atoms. The Bertz CT molecular complexity index is 980. The maximum atomic E-state index is 13.0. The Morgan fingerprint density at radius 2 is 1.82 bits per heavy atom. The highest BCUT2D eigenvalue weighted by atomic mass is 19.4. The summed E-state index contributed by atoms with van der Waals surface area (Å²) in [4.78, 5) is 28.5. The molecule has 0 N–H and O–H groups in total. The average molecular weight is 467 g/mol. The van der Waals surface area contributed by atoms with Gasteiger partial charge in [0.2, 0.25) is 0 Å². The molecule has 2 heterocycles. The number of carbonyl (C=O) groups is 2. The molecule has 10 heteroatoms. The van der Waals surface area contributed by atoms with E-state index >= 15 is 0 Å². The van der Waals surface area contributed by atoms with E-state index in [-0.39, 0.29) is 11.8 Å². The van der Waals surface area contributed by atoms with Gasteiger partial charge >= 0.3 is 12.3 Å². The Labute approximate surface area is 191 Å². The molecule has 33 heavy (non-hydrogen) atoms. The van der Waals surface area contributed by atoms with Crippen molar-refractivity contribution in [3.05, 3.63) is 47.8 Å². The molecular weight excluding hydrogens is 437 g/mol. The van der Waals surface area contributed by atoms with Gasteiger partial charge in [-0.25, -0.2) is 9.48 Å². The van der Waals surface area contributed by atoms with Gasteiger partial charge in [0.05, 0.1) is 5.69 Å². The third-order valence-electron chi connectivity index (χ3n) is 5.30. The summed E-state index contributed by atoms with van der Waals surface area (Å²) in [5, 5.41) is 3.54. The third-order valence-corrected chi connectivity index (χ3v) is 5.30. The molecule has 0 aliphatic carbocycles. The standard InChI is InChI=1S/C23H29F3N4O3/c1-22(2,3)33-21(32)28(4)14-16-6-5-12-29(15-16)20(31)17-7-9-18(10-8-17)30-13-11-19(27-30)23(24,25)26/h7-11,13,16H,5-6,12,14-15H2,1-4H3. The molecule has 2 aromatic rings. The van der Waals surface area contributed by atoms with E-state index in [9.17, 15) is 22.8 Å². The number of piperidine rings is 1. The molecule has 1 aliphatic heterocycles. The van der Waals surface area contributed by atoms with Crippen molar-refractivity contribution in [2.45, 2.75) is 45.4 Å². The van der Waals surface area contributed by atoms with Crippen molar-refractivity contribution in [1.29, 1.82) is 0 Å². The van der Waals surface area contributed by atoms with Crippen molar-refractivity contribution in [1.82, 2.24) is 19.6 Å². The van der Waals surface area contributed by atoms with Gasteiger partial charge in [-0.1, -0.05) is 0 Å². The fourth-order valence-corrected chi connectivity index (χ4v) is 3.76. The van der Waals surface area contributed by atoms with E-state index in [1.54, 1.807) is 36.2 Å². The lowest BCUT2D eigenvalue weighted by molar-refractivity contribution is -0.141. The van der Waals surface area contributed by atoms with Crippen LogP contribution in [0.3, 0.4) is 0 Å². The van der Waals surface area contributed by atoms with Crippen LogP contribution < -0.4 is 0 Å². The maximum Gasteiger partial charge on any atom is 0.435 e. The van der Waals surface area contributed by atoms with E-state index in [4.69, 9.17) is 4.74 Å². The highest BCUT2D eigenvalue weighted by Crippen LogP contribution is 2.28. The molecule has 0 bridgehead atoms. The predicted molar refractivity (Wildman–Crippen MR) is 116 cm³/mol. The second kappa shape index (κ2) is 9.44. The molecule has 7 nitrogen and oxygen atoms in total. The van der Waals surface area contributed by atoms with Crippen molar-refractivity contribution in [3.8, 4) is 5.69 Å². The Hall–Kier alpha value is -3.04. The summed E-state index contributed by atoms with van der Waals surface area (Å²) in [6, 6.07) is 7.21. The first-order valence-electron chi connectivity index (χ1n) is 10.8. The summed E-state index contributed by atoms with van der Waals surface area (Å²) >= 11 is 0. The molecule has 1 saturated heterocycles. The van der Waals surface area contributed by atoms with Crippen LogP contribution in [0.25, 0.3) is 5.69 Å². The van der Waals surface area contributed by atoms with Crippen LogP contribution in [0.5, 0.6) is 0 Å². The van der Waals surface area contributed by atoms with E-state index in [0.717, 1.165) is 23.6 Å². The van der Waals surface area contributed by atoms with Crippen molar-refractivity contribution in [2.24, 2.45) is 5.92 Å². The Morgan fingerprint density at radius 3 is 2.39 bits per heavy atom. The molecule has 1 aliphatic rings. The first kappa shape index (κ1) is 24.6. The smallest absolute Gasteiger partial charge is 0.435 e. The minimum atomic E-state index is -4.51. The van der Waals surface area contributed by atoms with Crippen molar-refractivity contribution >= 4 is 12.0 Å². The van der Waals surface area contributed by atoms with Gasteiger partial charge in [0.15, 0.2) is 5.69 Å². The number of alkyl halides is 3. The quantitative estimate of drug-likeness (QED) is 0.660. The van der Waals surface area contributed by atoms with Gasteiger partial charge in [0.25, 0.3) is 5.91 Å². The molecule has 1 atom stereocenters. The van der Waals surface area contributed by atoms with Gasteiger partial charge in [-0.3, -0.25) is 4.79 Å². The van der Waals surface area contributed by atoms with Crippen LogP contribution in [0.1, 0.15) is 49.7 Å². The molecule has 0 saturated carbocycles. The number of nitrogens with zero attached hydrogens (tertiary/aromatic N) is 4. The second-order valence-electron chi connectivity index (χ2n) is 9.31. The van der Waals surface area contributed by atoms with Gasteiger partial charge in [-0.15, -0.1) is 0 Å². The number of rotatable bonds is 4. The zero-order valence-corrected chi connectivity index (χ0v) is 19.2. The fourth-order valence-electron chi connectivity index (χ4n) is 3.76. The van der Waals surface area contributed by atoms with Crippen LogP contribution in [0.4, 0.5) is 18.0 Å². The van der Waals surface area contributed by atoms with E-state index < -0.39 is 23.6 Å². The number of likely N-dealkylation sites (tertiary alicyclic amines) is 1. The highest BCUT2D eigenvalue weighted by molar-refractivity contribution is 5.94. The first-order valence-corrected chi connectivity index (χ1v) is 10.8. The van der Waals surface area contributed by atoms with Gasteiger partial charge in [0.1, 0.15) is 5.60 Å². The van der Waals surface area contributed by atoms with Crippen molar-refractivity contribution < 1.29 is 27.5 Å². The number of hydrogen-bond acceptors (Lipinski definition) is 4. The number of ether oxygens (including phenoxy) is 1. The lowest BCUT2D eigenvalue weighted by Gasteiger charge is -2.35. The van der Waals surface area contributed by atoms with Crippen molar-refractivity contribution in [2.75, 3.05) is 26.7 Å². The number of hydrogen-bond donors (Lipinski definition) is 0. The average Bonchev–Trinajstić information content (AvgIpc) is 3.23. The minimum absolute atomic E-state index is 0.129. The van der Waals surface area contributed by atoms with Crippen LogP contribution in [-0.2, 0) is 10.9 Å². The molecular formula is C23H29F3N4O3. The Kier molecular flexibility index (Phi) is 7.04. The molecule has 3 rings (SSSR count). The second-order valence-corrected chi connectivity index (χ2v) is 9.31. The van der Waals surface area contributed by atoms with Crippen LogP contribution in [0.15, 0.2) is 36.5 Å². The van der Waals surface area contributed by atoms with Crippen LogP contribution in [0.2, 0.25) is 0 Å². The molecule has 180 valence electrons. The number of benzene rings is 1. The number of aromatic nitrogens is 2. The van der Waals surface area contributed by atoms with Crippen LogP contribution in [0, 0.1) is 5.92 Å². The largest absolute Gasteiger partial charge is 0.444 e. The summed E-state index contributed by atoms with van der Waals surface area (Å²) < 4.78 is 44.8. The van der Waals surface area contributed by atoms with Crippen LogP contribution in [-0.4, -0.2) is 63.9 Å². The normalized spacial score (nSPS) is 17.1. The van der Waals surface area contributed by atoms with E-state index in [1.165, 1.54) is 11.1 Å². The van der Waals surface area contributed by atoms with Gasteiger partial charge in [0, 0.05) is 38.4 Å². The third kappa shape index (κ3) is 6.49. The molecule has 0 radical (unpaired) electrons. The molecule has 1 fully saturated rings. The fraction of sp³-hybridized carbons (Fsp3) is 0.522. The van der Waals surface area contributed by atoms with Crippen molar-refractivity contribution in [3.63, 3.8) is 0 Å².